The SMILES string of the molecule is COC(=O)c1c(NC(=O)[C@H](C)Oc2ccc(Cl)cc2C)sc2c1CC[C@@H](C(C)(C)C)C2. The number of methoxy groups -OCH3 is 1. The van der Waals surface area contributed by atoms with E-state index in [0.717, 1.165) is 35.3 Å². The minimum atomic E-state index is -0.744. The van der Waals surface area contributed by atoms with Crippen LogP contribution >= 0.6 is 22.9 Å². The molecule has 1 amide bonds. The number of fused-ring (bicyclic) bond motifs is 1. The molecule has 0 saturated carbocycles. The molecule has 1 N–H and O–H groups in total. The molecule has 0 bridgehead atoms. The maximum absolute atomic E-state index is 12.9. The van der Waals surface area contributed by atoms with Crippen molar-refractivity contribution in [2.45, 2.75) is 60.0 Å². The topological polar surface area (TPSA) is 64.6 Å². The molecule has 0 spiro atoms. The fourth-order valence-electron chi connectivity index (χ4n) is 3.93. The van der Waals surface area contributed by atoms with Gasteiger partial charge in [-0.25, -0.2) is 4.79 Å². The van der Waals surface area contributed by atoms with Crippen LogP contribution in [0.3, 0.4) is 0 Å². The maximum Gasteiger partial charge on any atom is 0.341 e. The van der Waals surface area contributed by atoms with Gasteiger partial charge in [0.05, 0.1) is 12.7 Å². The lowest BCUT2D eigenvalue weighted by Gasteiger charge is -2.33. The fourth-order valence-corrected chi connectivity index (χ4v) is 5.48. The highest BCUT2D eigenvalue weighted by Gasteiger charge is 2.34. The number of thiophene rings is 1. The zero-order valence-corrected chi connectivity index (χ0v) is 20.5. The van der Waals surface area contributed by atoms with Crippen LogP contribution in [0, 0.1) is 18.3 Å². The quantitative estimate of drug-likeness (QED) is 0.548. The highest BCUT2D eigenvalue weighted by Crippen LogP contribution is 2.44. The van der Waals surface area contributed by atoms with Gasteiger partial charge >= 0.3 is 5.97 Å². The van der Waals surface area contributed by atoms with Crippen LogP contribution in [0.2, 0.25) is 5.02 Å². The molecule has 7 heteroatoms. The number of amides is 1. The van der Waals surface area contributed by atoms with E-state index in [2.05, 4.69) is 26.1 Å². The van der Waals surface area contributed by atoms with Crippen molar-refractivity contribution in [1.82, 2.24) is 0 Å². The highest BCUT2D eigenvalue weighted by atomic mass is 35.5. The van der Waals surface area contributed by atoms with Gasteiger partial charge in [0.25, 0.3) is 5.91 Å². The summed E-state index contributed by atoms with van der Waals surface area (Å²) in [6.45, 7) is 10.3. The number of carbonyl (C=O) groups is 2. The molecule has 5 nitrogen and oxygen atoms in total. The van der Waals surface area contributed by atoms with E-state index in [1.165, 1.54) is 18.4 Å². The number of esters is 1. The van der Waals surface area contributed by atoms with Gasteiger partial charge in [0.15, 0.2) is 6.10 Å². The fraction of sp³-hybridized carbons (Fsp3) is 0.500. The van der Waals surface area contributed by atoms with Crippen LogP contribution in [-0.2, 0) is 22.4 Å². The van der Waals surface area contributed by atoms with Crippen molar-refractivity contribution in [1.29, 1.82) is 0 Å². The minimum Gasteiger partial charge on any atom is -0.481 e. The molecule has 2 atom stereocenters. The summed E-state index contributed by atoms with van der Waals surface area (Å²) in [5, 5.41) is 4.07. The van der Waals surface area contributed by atoms with E-state index in [1.807, 2.05) is 6.92 Å². The van der Waals surface area contributed by atoms with E-state index < -0.39 is 12.1 Å². The van der Waals surface area contributed by atoms with Crippen LogP contribution in [0.5, 0.6) is 5.75 Å². The van der Waals surface area contributed by atoms with Crippen molar-refractivity contribution in [3.8, 4) is 5.75 Å². The number of anilines is 1. The summed E-state index contributed by atoms with van der Waals surface area (Å²) in [6, 6.07) is 5.26. The van der Waals surface area contributed by atoms with Crippen molar-refractivity contribution in [3.05, 3.63) is 44.8 Å². The lowest BCUT2D eigenvalue weighted by molar-refractivity contribution is -0.122. The number of rotatable bonds is 5. The second-order valence-electron chi connectivity index (χ2n) is 9.16. The first kappa shape index (κ1) is 23.6. The standard InChI is InChI=1S/C24H30ClNO4S/c1-13-11-16(25)8-10-18(13)30-14(2)21(27)26-22-20(23(28)29-6)17-9-7-15(24(3,4)5)12-19(17)31-22/h8,10-11,14-15H,7,9,12H2,1-6H3,(H,26,27)/t14-,15+/m0/s1. The van der Waals surface area contributed by atoms with E-state index in [9.17, 15) is 9.59 Å². The molecule has 0 unspecified atom stereocenters. The number of ether oxygens (including phenoxy) is 2. The molecule has 1 aliphatic carbocycles. The number of halogens is 1. The van der Waals surface area contributed by atoms with Gasteiger partial charge < -0.3 is 14.8 Å². The molecule has 31 heavy (non-hydrogen) atoms. The third-order valence-corrected chi connectivity index (χ3v) is 7.33. The van der Waals surface area contributed by atoms with Gasteiger partial charge in [-0.1, -0.05) is 32.4 Å². The van der Waals surface area contributed by atoms with Crippen LogP contribution in [0.4, 0.5) is 5.00 Å². The van der Waals surface area contributed by atoms with Crippen LogP contribution < -0.4 is 10.1 Å². The maximum atomic E-state index is 12.9. The van der Waals surface area contributed by atoms with Crippen molar-refractivity contribution >= 4 is 39.8 Å². The normalized spacial score (nSPS) is 16.9. The number of hydrogen-bond donors (Lipinski definition) is 1. The van der Waals surface area contributed by atoms with Crippen molar-refractivity contribution in [2.75, 3.05) is 12.4 Å². The van der Waals surface area contributed by atoms with Crippen molar-refractivity contribution < 1.29 is 19.1 Å². The first-order chi connectivity index (χ1) is 14.5. The number of benzene rings is 1. The molecule has 1 aromatic heterocycles. The van der Waals surface area contributed by atoms with E-state index >= 15 is 0 Å². The summed E-state index contributed by atoms with van der Waals surface area (Å²) in [4.78, 5) is 26.6. The average molecular weight is 464 g/mol. The first-order valence-electron chi connectivity index (χ1n) is 10.5. The summed E-state index contributed by atoms with van der Waals surface area (Å²) in [6.07, 6.45) is 1.98. The number of hydrogen-bond acceptors (Lipinski definition) is 5. The molecule has 3 rings (SSSR count). The van der Waals surface area contributed by atoms with Crippen LogP contribution in [0.1, 0.15) is 60.5 Å². The van der Waals surface area contributed by atoms with Gasteiger partial charge in [-0.15, -0.1) is 11.3 Å². The lowest BCUT2D eigenvalue weighted by Crippen LogP contribution is -2.30. The second-order valence-corrected chi connectivity index (χ2v) is 10.7. The summed E-state index contributed by atoms with van der Waals surface area (Å²) >= 11 is 7.47. The Morgan fingerprint density at radius 2 is 2.00 bits per heavy atom. The highest BCUT2D eigenvalue weighted by molar-refractivity contribution is 7.17. The Morgan fingerprint density at radius 1 is 1.29 bits per heavy atom. The van der Waals surface area contributed by atoms with E-state index in [-0.39, 0.29) is 11.3 Å². The molecule has 2 aromatic rings. The van der Waals surface area contributed by atoms with Gasteiger partial charge in [-0.2, -0.15) is 0 Å². The molecule has 1 aromatic carbocycles. The average Bonchev–Trinajstić information content (AvgIpc) is 3.05. The zero-order chi connectivity index (χ0) is 22.9. The zero-order valence-electron chi connectivity index (χ0n) is 18.9. The Bertz CT molecular complexity index is 992. The second kappa shape index (κ2) is 9.21. The first-order valence-corrected chi connectivity index (χ1v) is 11.7. The van der Waals surface area contributed by atoms with Gasteiger partial charge in [-0.05, 0) is 73.8 Å². The van der Waals surface area contributed by atoms with Crippen molar-refractivity contribution in [3.63, 3.8) is 0 Å². The predicted molar refractivity (Wildman–Crippen MR) is 126 cm³/mol. The largest absolute Gasteiger partial charge is 0.481 e. The molecule has 0 fully saturated rings. The summed E-state index contributed by atoms with van der Waals surface area (Å²) < 4.78 is 10.9. The Labute approximate surface area is 193 Å². The summed E-state index contributed by atoms with van der Waals surface area (Å²) in [7, 11) is 1.37. The Kier molecular flexibility index (Phi) is 7.01. The minimum absolute atomic E-state index is 0.190. The van der Waals surface area contributed by atoms with Gasteiger partial charge in [0, 0.05) is 9.90 Å². The molecule has 0 radical (unpaired) electrons. The molecule has 1 heterocycles. The molecular formula is C24H30ClNO4S. The van der Waals surface area contributed by atoms with E-state index in [0.29, 0.717) is 27.3 Å². The summed E-state index contributed by atoms with van der Waals surface area (Å²) in [5.41, 5.74) is 2.53. The lowest BCUT2D eigenvalue weighted by atomic mass is 9.72. The predicted octanol–water partition coefficient (Wildman–Crippen LogP) is 6.05. The molecule has 168 valence electrons. The Balaban J connectivity index is 1.82. The third kappa shape index (κ3) is 5.24. The monoisotopic (exact) mass is 463 g/mol. The molecule has 1 aliphatic rings. The third-order valence-electron chi connectivity index (χ3n) is 5.93. The summed E-state index contributed by atoms with van der Waals surface area (Å²) in [5.74, 6) is 0.399. The van der Waals surface area contributed by atoms with Crippen LogP contribution in [0.15, 0.2) is 18.2 Å². The van der Waals surface area contributed by atoms with Gasteiger partial charge in [0.2, 0.25) is 0 Å². The number of nitrogens with one attached hydrogen (secondary N) is 1. The van der Waals surface area contributed by atoms with Gasteiger partial charge in [0.1, 0.15) is 10.8 Å². The molecule has 0 aliphatic heterocycles. The van der Waals surface area contributed by atoms with Gasteiger partial charge in [-0.3, -0.25) is 4.79 Å². The van der Waals surface area contributed by atoms with E-state index in [1.54, 1.807) is 25.1 Å². The number of aryl methyl sites for hydroxylation is 1. The Morgan fingerprint density at radius 3 is 2.61 bits per heavy atom. The number of carbonyl (C=O) groups excluding carboxylic acids is 2. The Hall–Kier alpha value is -2.05. The van der Waals surface area contributed by atoms with E-state index in [4.69, 9.17) is 21.1 Å². The van der Waals surface area contributed by atoms with Crippen molar-refractivity contribution in [2.24, 2.45) is 11.3 Å². The molecule has 0 saturated heterocycles. The molecular weight excluding hydrogens is 434 g/mol. The van der Waals surface area contributed by atoms with Crippen LogP contribution in [-0.4, -0.2) is 25.1 Å². The van der Waals surface area contributed by atoms with Crippen LogP contribution in [0.25, 0.3) is 0 Å². The smallest absolute Gasteiger partial charge is 0.341 e.